The zero-order valence-corrected chi connectivity index (χ0v) is 23.2. The Kier molecular flexibility index (Phi) is 10.6. The third-order valence-corrected chi connectivity index (χ3v) is 8.27. The van der Waals surface area contributed by atoms with Gasteiger partial charge in [0.15, 0.2) is 0 Å². The molecule has 2 amide bonds. The van der Waals surface area contributed by atoms with Gasteiger partial charge < -0.3 is 10.2 Å². The van der Waals surface area contributed by atoms with E-state index >= 15 is 0 Å². The number of hydrogen-bond acceptors (Lipinski definition) is 4. The van der Waals surface area contributed by atoms with Crippen LogP contribution in [0.5, 0.6) is 0 Å². The number of anilines is 1. The second kappa shape index (κ2) is 13.6. The summed E-state index contributed by atoms with van der Waals surface area (Å²) >= 11 is 0. The van der Waals surface area contributed by atoms with Crippen molar-refractivity contribution in [1.29, 1.82) is 0 Å². The van der Waals surface area contributed by atoms with Crippen molar-refractivity contribution < 1.29 is 18.0 Å². The quantitative estimate of drug-likeness (QED) is 0.446. The van der Waals surface area contributed by atoms with Crippen molar-refractivity contribution in [1.82, 2.24) is 10.2 Å². The first-order chi connectivity index (χ1) is 17.7. The molecule has 2 aromatic rings. The molecule has 1 aliphatic rings. The minimum absolute atomic E-state index is 0.130. The van der Waals surface area contributed by atoms with Crippen molar-refractivity contribution in [2.75, 3.05) is 23.7 Å². The molecule has 202 valence electrons. The molecule has 1 atom stereocenters. The van der Waals surface area contributed by atoms with E-state index in [0.717, 1.165) is 43.1 Å². The number of amides is 2. The maximum Gasteiger partial charge on any atom is 0.244 e. The molecule has 1 fully saturated rings. The van der Waals surface area contributed by atoms with Gasteiger partial charge in [0.2, 0.25) is 21.8 Å². The predicted molar refractivity (Wildman–Crippen MR) is 149 cm³/mol. The average Bonchev–Trinajstić information content (AvgIpc) is 2.90. The molecule has 1 N–H and O–H groups in total. The van der Waals surface area contributed by atoms with Crippen LogP contribution in [0, 0.1) is 0 Å². The van der Waals surface area contributed by atoms with E-state index in [-0.39, 0.29) is 24.4 Å². The molecule has 0 aromatic heterocycles. The number of nitrogens with one attached hydrogen (secondary N) is 1. The third kappa shape index (κ3) is 8.06. The number of hydrogen-bond donors (Lipinski definition) is 1. The number of carbonyl (C=O) groups excluding carboxylic acids is 2. The minimum atomic E-state index is -3.74. The van der Waals surface area contributed by atoms with Crippen molar-refractivity contribution in [2.24, 2.45) is 0 Å². The van der Waals surface area contributed by atoms with Crippen molar-refractivity contribution >= 4 is 27.5 Å². The lowest BCUT2D eigenvalue weighted by Crippen LogP contribution is -2.54. The highest BCUT2D eigenvalue weighted by Crippen LogP contribution is 2.24. The number of nitrogens with zero attached hydrogens (tertiary/aromatic N) is 2. The SMILES string of the molecule is CCc1ccccc1N(CC(=O)N(CCc1ccccc1)[C@@H](CC)C(=O)NC1CCCCC1)S(C)(=O)=O. The lowest BCUT2D eigenvalue weighted by molar-refractivity contribution is -0.140. The van der Waals surface area contributed by atoms with Gasteiger partial charge in [-0.25, -0.2) is 8.42 Å². The molecule has 0 radical (unpaired) electrons. The van der Waals surface area contributed by atoms with Crippen LogP contribution in [-0.4, -0.2) is 56.6 Å². The molecular weight excluding hydrogens is 486 g/mol. The summed E-state index contributed by atoms with van der Waals surface area (Å²) in [5, 5.41) is 3.17. The standard InChI is InChI=1S/C29H41N3O4S/c1-4-24-16-12-13-19-27(24)32(37(3,35)36)22-28(33)31(21-20-23-14-8-6-9-15-23)26(5-2)29(34)30-25-17-10-7-11-18-25/h6,8-9,12-16,19,25-26H,4-5,7,10-11,17-18,20-22H2,1-3H3,(H,30,34)/t26-/m0/s1. The number of aryl methyl sites for hydroxylation is 1. The maximum atomic E-state index is 13.8. The summed E-state index contributed by atoms with van der Waals surface area (Å²) in [6.07, 6.45) is 8.06. The molecular formula is C29H41N3O4S. The van der Waals surface area contributed by atoms with Gasteiger partial charge in [-0.1, -0.05) is 81.6 Å². The summed E-state index contributed by atoms with van der Waals surface area (Å²) in [7, 11) is -3.74. The van der Waals surface area contributed by atoms with Gasteiger partial charge in [0.1, 0.15) is 12.6 Å². The first kappa shape index (κ1) is 28.7. The van der Waals surface area contributed by atoms with Crippen LogP contribution >= 0.6 is 0 Å². The Labute approximate surface area is 222 Å². The van der Waals surface area contributed by atoms with E-state index in [9.17, 15) is 18.0 Å². The molecule has 0 spiro atoms. The van der Waals surface area contributed by atoms with Gasteiger partial charge in [0.05, 0.1) is 11.9 Å². The Bertz CT molecular complexity index is 1130. The van der Waals surface area contributed by atoms with Crippen LogP contribution in [0.4, 0.5) is 5.69 Å². The second-order valence-electron chi connectivity index (χ2n) is 9.84. The van der Waals surface area contributed by atoms with Crippen LogP contribution in [-0.2, 0) is 32.5 Å². The van der Waals surface area contributed by atoms with Crippen LogP contribution in [0.25, 0.3) is 0 Å². The fourth-order valence-corrected chi connectivity index (χ4v) is 5.97. The Morgan fingerprint density at radius 3 is 2.24 bits per heavy atom. The van der Waals surface area contributed by atoms with E-state index in [1.165, 1.54) is 10.7 Å². The minimum Gasteiger partial charge on any atom is -0.352 e. The number of para-hydroxylation sites is 1. The third-order valence-electron chi connectivity index (χ3n) is 7.14. The molecule has 2 aromatic carbocycles. The average molecular weight is 528 g/mol. The molecule has 1 saturated carbocycles. The summed E-state index contributed by atoms with van der Waals surface area (Å²) in [6.45, 7) is 3.83. The smallest absolute Gasteiger partial charge is 0.244 e. The van der Waals surface area contributed by atoms with Gasteiger partial charge in [-0.2, -0.15) is 0 Å². The van der Waals surface area contributed by atoms with Gasteiger partial charge in [-0.05, 0) is 49.3 Å². The molecule has 0 saturated heterocycles. The topological polar surface area (TPSA) is 86.8 Å². The summed E-state index contributed by atoms with van der Waals surface area (Å²) in [5.41, 5.74) is 2.40. The predicted octanol–water partition coefficient (Wildman–Crippen LogP) is 4.31. The van der Waals surface area contributed by atoms with Crippen LogP contribution in [0.3, 0.4) is 0 Å². The fraction of sp³-hybridized carbons (Fsp3) is 0.517. The van der Waals surface area contributed by atoms with Crippen LogP contribution in [0.2, 0.25) is 0 Å². The van der Waals surface area contributed by atoms with Crippen molar-refractivity contribution in [3.8, 4) is 0 Å². The van der Waals surface area contributed by atoms with E-state index in [1.54, 1.807) is 17.0 Å². The first-order valence-electron chi connectivity index (χ1n) is 13.4. The highest BCUT2D eigenvalue weighted by atomic mass is 32.2. The van der Waals surface area contributed by atoms with Gasteiger partial charge in [0.25, 0.3) is 0 Å². The molecule has 8 heteroatoms. The Morgan fingerprint density at radius 1 is 0.973 bits per heavy atom. The number of rotatable bonds is 12. The largest absolute Gasteiger partial charge is 0.352 e. The van der Waals surface area contributed by atoms with Crippen molar-refractivity contribution in [3.63, 3.8) is 0 Å². The molecule has 0 unspecified atom stereocenters. The molecule has 1 aliphatic carbocycles. The number of benzene rings is 2. The van der Waals surface area contributed by atoms with Gasteiger partial charge in [-0.3, -0.25) is 13.9 Å². The fourth-order valence-electron chi connectivity index (χ4n) is 5.09. The maximum absolute atomic E-state index is 13.8. The van der Waals surface area contributed by atoms with E-state index in [2.05, 4.69) is 5.32 Å². The Morgan fingerprint density at radius 2 is 1.62 bits per heavy atom. The van der Waals surface area contributed by atoms with E-state index in [0.29, 0.717) is 31.5 Å². The second-order valence-corrected chi connectivity index (χ2v) is 11.7. The summed E-state index contributed by atoms with van der Waals surface area (Å²) < 4.78 is 26.9. The van der Waals surface area contributed by atoms with Crippen LogP contribution in [0.1, 0.15) is 63.5 Å². The van der Waals surface area contributed by atoms with Crippen molar-refractivity contribution in [2.45, 2.75) is 77.3 Å². The highest BCUT2D eigenvalue weighted by molar-refractivity contribution is 7.92. The highest BCUT2D eigenvalue weighted by Gasteiger charge is 2.32. The number of sulfonamides is 1. The normalized spacial score (nSPS) is 15.1. The molecule has 3 rings (SSSR count). The van der Waals surface area contributed by atoms with Crippen LogP contribution in [0.15, 0.2) is 54.6 Å². The lowest BCUT2D eigenvalue weighted by atomic mass is 9.95. The van der Waals surface area contributed by atoms with E-state index < -0.39 is 16.1 Å². The zero-order chi connectivity index (χ0) is 26.8. The molecule has 37 heavy (non-hydrogen) atoms. The molecule has 0 bridgehead atoms. The van der Waals surface area contributed by atoms with Crippen molar-refractivity contribution in [3.05, 3.63) is 65.7 Å². The summed E-state index contributed by atoms with van der Waals surface area (Å²) in [6, 6.07) is 16.5. The molecule has 0 heterocycles. The van der Waals surface area contributed by atoms with Gasteiger partial charge >= 0.3 is 0 Å². The monoisotopic (exact) mass is 527 g/mol. The molecule has 0 aliphatic heterocycles. The van der Waals surface area contributed by atoms with E-state index in [1.807, 2.05) is 56.3 Å². The van der Waals surface area contributed by atoms with Crippen LogP contribution < -0.4 is 9.62 Å². The zero-order valence-electron chi connectivity index (χ0n) is 22.4. The van der Waals surface area contributed by atoms with Gasteiger partial charge in [-0.15, -0.1) is 0 Å². The van der Waals surface area contributed by atoms with Gasteiger partial charge in [0, 0.05) is 12.6 Å². The number of carbonyl (C=O) groups is 2. The Balaban J connectivity index is 1.88. The first-order valence-corrected chi connectivity index (χ1v) is 15.3. The lowest BCUT2D eigenvalue weighted by Gasteiger charge is -2.34. The molecule has 7 nitrogen and oxygen atoms in total. The summed E-state index contributed by atoms with van der Waals surface area (Å²) in [5.74, 6) is -0.534. The Hall–Kier alpha value is -2.87. The summed E-state index contributed by atoms with van der Waals surface area (Å²) in [4.78, 5) is 28.8. The van der Waals surface area contributed by atoms with E-state index in [4.69, 9.17) is 0 Å².